The fourth-order valence-electron chi connectivity index (χ4n) is 4.56. The van der Waals surface area contributed by atoms with Crippen LogP contribution in [0.15, 0.2) is 29.1 Å². The maximum absolute atomic E-state index is 13.4. The number of nitrogens with zero attached hydrogens (tertiary/aromatic N) is 3. The van der Waals surface area contributed by atoms with Gasteiger partial charge in [-0.3, -0.25) is 14.5 Å². The summed E-state index contributed by atoms with van der Waals surface area (Å²) < 4.78 is 18.2. The van der Waals surface area contributed by atoms with Crippen molar-refractivity contribution in [3.05, 3.63) is 51.4 Å². The first-order chi connectivity index (χ1) is 15.6. The first-order valence-corrected chi connectivity index (χ1v) is 12.1. The van der Waals surface area contributed by atoms with Crippen LogP contribution in [0.3, 0.4) is 0 Å². The van der Waals surface area contributed by atoms with Crippen LogP contribution in [0.5, 0.6) is 17.2 Å². The Labute approximate surface area is 191 Å². The van der Waals surface area contributed by atoms with E-state index in [0.29, 0.717) is 24.3 Å². The standard InChI is InChI=1S/C23H27N3O5S/c1-29-20-13-21(27)26-7-6-24(14-16-2-3-18-19(12-16)31-15-30-18)5-4-17(26)22(20)23(28)25-8-10-32-11-9-25/h2-3,12-13H,4-11,14-15H2,1H3. The van der Waals surface area contributed by atoms with Crippen LogP contribution in [-0.4, -0.2) is 71.9 Å². The topological polar surface area (TPSA) is 73.2 Å². The molecule has 0 atom stereocenters. The van der Waals surface area contributed by atoms with Gasteiger partial charge in [0.05, 0.1) is 7.11 Å². The largest absolute Gasteiger partial charge is 0.496 e. The van der Waals surface area contributed by atoms with Gasteiger partial charge in [0.2, 0.25) is 6.79 Å². The van der Waals surface area contributed by atoms with Gasteiger partial charge in [0, 0.05) is 69.0 Å². The molecule has 4 heterocycles. The van der Waals surface area contributed by atoms with Gasteiger partial charge in [0.15, 0.2) is 11.5 Å². The van der Waals surface area contributed by atoms with Gasteiger partial charge < -0.3 is 23.7 Å². The van der Waals surface area contributed by atoms with E-state index in [2.05, 4.69) is 4.90 Å². The Balaban J connectivity index is 1.40. The molecule has 1 fully saturated rings. The average Bonchev–Trinajstić information content (AvgIpc) is 3.19. The Morgan fingerprint density at radius 3 is 2.69 bits per heavy atom. The maximum Gasteiger partial charge on any atom is 0.259 e. The lowest BCUT2D eigenvalue weighted by molar-refractivity contribution is 0.0766. The Hall–Kier alpha value is -2.65. The van der Waals surface area contributed by atoms with Crippen LogP contribution >= 0.6 is 11.8 Å². The highest BCUT2D eigenvalue weighted by molar-refractivity contribution is 7.99. The van der Waals surface area contributed by atoms with Gasteiger partial charge in [-0.25, -0.2) is 0 Å². The van der Waals surface area contributed by atoms with Gasteiger partial charge >= 0.3 is 0 Å². The monoisotopic (exact) mass is 457 g/mol. The number of benzene rings is 1. The van der Waals surface area contributed by atoms with Crippen molar-refractivity contribution in [3.63, 3.8) is 0 Å². The van der Waals surface area contributed by atoms with E-state index in [1.807, 2.05) is 34.9 Å². The highest BCUT2D eigenvalue weighted by Gasteiger charge is 2.29. The fraction of sp³-hybridized carbons (Fsp3) is 0.478. The first kappa shape index (κ1) is 21.2. The first-order valence-electron chi connectivity index (χ1n) is 10.9. The van der Waals surface area contributed by atoms with E-state index in [4.69, 9.17) is 14.2 Å². The quantitative estimate of drug-likeness (QED) is 0.694. The number of aromatic nitrogens is 1. The molecule has 1 amide bonds. The van der Waals surface area contributed by atoms with Crippen LogP contribution in [-0.2, 0) is 19.5 Å². The number of methoxy groups -OCH3 is 1. The summed E-state index contributed by atoms with van der Waals surface area (Å²) in [4.78, 5) is 30.5. The number of ether oxygens (including phenoxy) is 3. The number of pyridine rings is 1. The summed E-state index contributed by atoms with van der Waals surface area (Å²) in [6.07, 6.45) is 0.612. The number of carbonyl (C=O) groups excluding carboxylic acids is 1. The molecule has 1 aromatic carbocycles. The van der Waals surface area contributed by atoms with Crippen LogP contribution in [0, 0.1) is 0 Å². The van der Waals surface area contributed by atoms with Crippen molar-refractivity contribution in [3.8, 4) is 17.2 Å². The van der Waals surface area contributed by atoms with Crippen molar-refractivity contribution < 1.29 is 19.0 Å². The minimum atomic E-state index is -0.118. The number of hydrogen-bond acceptors (Lipinski definition) is 7. The Bertz CT molecular complexity index is 1080. The molecular formula is C23H27N3O5S. The van der Waals surface area contributed by atoms with Gasteiger partial charge in [0.1, 0.15) is 11.3 Å². The van der Waals surface area contributed by atoms with E-state index in [0.717, 1.165) is 67.0 Å². The lowest BCUT2D eigenvalue weighted by atomic mass is 10.1. The van der Waals surface area contributed by atoms with Crippen LogP contribution < -0.4 is 19.8 Å². The number of amides is 1. The summed E-state index contributed by atoms with van der Waals surface area (Å²) >= 11 is 1.86. The molecule has 1 saturated heterocycles. The number of rotatable bonds is 4. The number of carbonyl (C=O) groups is 1. The molecule has 0 unspecified atom stereocenters. The second kappa shape index (κ2) is 9.07. The van der Waals surface area contributed by atoms with Crippen LogP contribution in [0.1, 0.15) is 21.6 Å². The van der Waals surface area contributed by atoms with E-state index in [9.17, 15) is 9.59 Å². The highest BCUT2D eigenvalue weighted by atomic mass is 32.2. The maximum atomic E-state index is 13.4. The Morgan fingerprint density at radius 1 is 1.06 bits per heavy atom. The molecule has 0 bridgehead atoms. The van der Waals surface area contributed by atoms with Gasteiger partial charge in [-0.1, -0.05) is 6.07 Å². The SMILES string of the molecule is COc1cc(=O)n2c(c1C(=O)N1CCSCC1)CCN(Cc1ccc3c(c1)OCO3)CC2. The van der Waals surface area contributed by atoms with Crippen molar-refractivity contribution in [2.75, 3.05) is 51.6 Å². The minimum absolute atomic E-state index is 0.0323. The predicted molar refractivity (Wildman–Crippen MR) is 122 cm³/mol. The number of thioether (sulfide) groups is 1. The molecule has 0 radical (unpaired) electrons. The second-order valence-corrected chi connectivity index (χ2v) is 9.37. The van der Waals surface area contributed by atoms with E-state index in [-0.39, 0.29) is 18.3 Å². The lowest BCUT2D eigenvalue weighted by Gasteiger charge is -2.28. The molecular weight excluding hydrogens is 430 g/mol. The van der Waals surface area contributed by atoms with Crippen molar-refractivity contribution in [2.24, 2.45) is 0 Å². The molecule has 0 spiro atoms. The second-order valence-electron chi connectivity index (χ2n) is 8.14. The molecule has 9 heteroatoms. The summed E-state index contributed by atoms with van der Waals surface area (Å²) in [7, 11) is 1.53. The molecule has 3 aliphatic rings. The van der Waals surface area contributed by atoms with E-state index < -0.39 is 0 Å². The smallest absolute Gasteiger partial charge is 0.259 e. The lowest BCUT2D eigenvalue weighted by Crippen LogP contribution is -2.39. The molecule has 5 rings (SSSR count). The number of fused-ring (bicyclic) bond motifs is 2. The van der Waals surface area contributed by atoms with Crippen molar-refractivity contribution in [1.82, 2.24) is 14.4 Å². The molecule has 1 aromatic heterocycles. The zero-order valence-corrected chi connectivity index (χ0v) is 19.0. The van der Waals surface area contributed by atoms with Gasteiger partial charge in [-0.15, -0.1) is 0 Å². The van der Waals surface area contributed by atoms with Crippen molar-refractivity contribution >= 4 is 17.7 Å². The third kappa shape index (κ3) is 4.06. The van der Waals surface area contributed by atoms with Gasteiger partial charge in [0.25, 0.3) is 11.5 Å². The van der Waals surface area contributed by atoms with E-state index in [1.165, 1.54) is 13.2 Å². The third-order valence-corrected chi connectivity index (χ3v) is 7.20. The average molecular weight is 458 g/mol. The molecule has 0 N–H and O–H groups in total. The molecule has 3 aliphatic heterocycles. The summed E-state index contributed by atoms with van der Waals surface area (Å²) in [6, 6.07) is 7.46. The molecule has 170 valence electrons. The third-order valence-electron chi connectivity index (χ3n) is 6.26. The molecule has 32 heavy (non-hydrogen) atoms. The fourth-order valence-corrected chi connectivity index (χ4v) is 5.47. The molecule has 2 aromatic rings. The Morgan fingerprint density at radius 2 is 1.88 bits per heavy atom. The molecule has 0 aliphatic carbocycles. The summed E-state index contributed by atoms with van der Waals surface area (Å²) in [6.45, 7) is 4.46. The predicted octanol–water partition coefficient (Wildman–Crippen LogP) is 1.83. The summed E-state index contributed by atoms with van der Waals surface area (Å²) in [5.74, 6) is 3.77. The summed E-state index contributed by atoms with van der Waals surface area (Å²) in [5, 5.41) is 0. The molecule has 8 nitrogen and oxygen atoms in total. The molecule has 0 saturated carbocycles. The zero-order valence-electron chi connectivity index (χ0n) is 18.2. The van der Waals surface area contributed by atoms with Crippen LogP contribution in [0.4, 0.5) is 0 Å². The van der Waals surface area contributed by atoms with Gasteiger partial charge in [-0.05, 0) is 17.7 Å². The van der Waals surface area contributed by atoms with E-state index in [1.54, 1.807) is 4.57 Å². The van der Waals surface area contributed by atoms with Crippen LogP contribution in [0.2, 0.25) is 0 Å². The number of hydrogen-bond donors (Lipinski definition) is 0. The van der Waals surface area contributed by atoms with Gasteiger partial charge in [-0.2, -0.15) is 11.8 Å². The van der Waals surface area contributed by atoms with Crippen molar-refractivity contribution in [2.45, 2.75) is 19.5 Å². The zero-order chi connectivity index (χ0) is 22.1. The summed E-state index contributed by atoms with van der Waals surface area (Å²) in [5.41, 5.74) is 2.34. The Kier molecular flexibility index (Phi) is 6.01. The highest BCUT2D eigenvalue weighted by Crippen LogP contribution is 2.33. The normalized spacial score (nSPS) is 18.2. The van der Waals surface area contributed by atoms with Crippen molar-refractivity contribution in [1.29, 1.82) is 0 Å². The van der Waals surface area contributed by atoms with Crippen LogP contribution in [0.25, 0.3) is 0 Å². The van der Waals surface area contributed by atoms with E-state index >= 15 is 0 Å². The minimum Gasteiger partial charge on any atom is -0.496 e.